The minimum absolute atomic E-state index is 0. The Kier molecular flexibility index (Phi) is 70.5. The zero-order chi connectivity index (χ0) is 2.71. The van der Waals surface area contributed by atoms with Crippen molar-refractivity contribution in [1.29, 1.82) is 0 Å². The van der Waals surface area contributed by atoms with E-state index in [4.69, 9.17) is 10.1 Å². The van der Waals surface area contributed by atoms with Gasteiger partial charge in [0.25, 0.3) is 0 Å². The fourth-order valence-electron chi connectivity index (χ4n) is 0. The molecule has 0 bridgehead atoms. The van der Waals surface area contributed by atoms with Crippen molar-refractivity contribution in [2.45, 2.75) is 0 Å². The van der Waals surface area contributed by atoms with Crippen LogP contribution in [0.4, 0.5) is 0 Å². The minimum atomic E-state index is 0. The molecule has 0 heterocycles. The van der Waals surface area contributed by atoms with Gasteiger partial charge in [-0.15, -0.1) is 0 Å². The first-order valence-corrected chi connectivity index (χ1v) is 0.408. The molecule has 0 rings (SSSR count). The van der Waals surface area contributed by atoms with Gasteiger partial charge >= 0.3 is 0 Å². The molecule has 3 nitrogen and oxygen atoms in total. The Morgan fingerprint density at radius 3 is 1.60 bits per heavy atom. The predicted molar refractivity (Wildman–Crippen MR) is 7.70 cm³/mol. The summed E-state index contributed by atoms with van der Waals surface area (Å²) in [5.41, 5.74) is 0. The van der Waals surface area contributed by atoms with Crippen molar-refractivity contribution < 1.29 is 51.7 Å². The topological polar surface area (TPSA) is 54.1 Å². The molecule has 0 aromatic heterocycles. The first-order valence-electron chi connectivity index (χ1n) is 0.408. The number of halogens is 1. The second-order valence-electron chi connectivity index (χ2n) is 0.0833. The van der Waals surface area contributed by atoms with Gasteiger partial charge in [0.15, 0.2) is 0 Å². The van der Waals surface area contributed by atoms with Crippen LogP contribution in [0.5, 0.6) is 0 Å². The van der Waals surface area contributed by atoms with E-state index in [0.717, 1.165) is 0 Å². The van der Waals surface area contributed by atoms with Crippen molar-refractivity contribution in [3.05, 3.63) is 10.1 Å². The van der Waals surface area contributed by atoms with Crippen LogP contribution in [0.1, 0.15) is 0 Å². The quantitative estimate of drug-likeness (QED) is 0.210. The van der Waals surface area contributed by atoms with E-state index in [-0.39, 0.29) is 51.7 Å². The average molecular weight is 282 g/mol. The molecule has 5 heteroatoms. The molecule has 1 N–H and O–H groups in total. The molecule has 0 fully saturated rings. The van der Waals surface area contributed by atoms with Gasteiger partial charge in [-0.1, -0.05) is 0 Å². The van der Waals surface area contributed by atoms with Gasteiger partial charge in [0.05, 0.1) is 0 Å². The first-order chi connectivity index (χ1) is 1.41. The number of rotatable bonds is 0. The number of hydrogen-bond donors (Lipinski definition) is 1. The minimum Gasteiger partial charge on any atom is -1.00 e. The smallest absolute Gasteiger partial charge is 0.00366 e. The van der Waals surface area contributed by atoms with Crippen molar-refractivity contribution in [1.82, 2.24) is 0 Å². The molecule has 5 heavy (non-hydrogen) atoms. The van der Waals surface area contributed by atoms with Gasteiger partial charge in [-0.25, -0.2) is 0 Å². The summed E-state index contributed by atoms with van der Waals surface area (Å²) in [4.78, 5) is 8.12. The van der Waals surface area contributed by atoms with Crippen LogP contribution in [0.15, 0.2) is 0 Å². The average Bonchev–Trinajstić information content (AvgIpc) is 0.918. The number of nitrogens with one attached hydrogen (secondary N) is 1. The third kappa shape index (κ3) is 53.0. The van der Waals surface area contributed by atoms with Crippen LogP contribution < -0.4 is 29.3 Å². The Hall–Kier alpha value is 0.870. The maximum Gasteiger partial charge on any atom is 0.00366 e. The van der Waals surface area contributed by atoms with E-state index in [9.17, 15) is 0 Å². The molecule has 0 aromatic rings. The summed E-state index contributed by atoms with van der Waals surface area (Å²) in [5.74, 6) is 0. The molecule has 0 aromatic carbocycles. The van der Waals surface area contributed by atoms with Crippen molar-refractivity contribution >= 4 is 0 Å². The van der Waals surface area contributed by atoms with Crippen LogP contribution in [-0.4, -0.2) is 0 Å². The van der Waals surface area contributed by atoms with Gasteiger partial charge in [0.1, 0.15) is 0 Å². The van der Waals surface area contributed by atoms with E-state index in [1.54, 1.807) is 0 Å². The molecule has 0 saturated heterocycles. The molecule has 1 radical (unpaired) electrons. The Morgan fingerprint density at radius 2 is 1.60 bits per heavy atom. The Bertz CT molecular complexity index is 17.1. The van der Waals surface area contributed by atoms with E-state index in [0.29, 0.717) is 0 Å². The zero-order valence-corrected chi connectivity index (χ0v) is 5.64. The largest absolute Gasteiger partial charge is 1.00 e. The summed E-state index contributed by atoms with van der Waals surface area (Å²) in [6, 6.07) is 0. The summed E-state index contributed by atoms with van der Waals surface area (Å²) in [7, 11) is 0. The number of hydrogen-bond acceptors (Lipinski definition) is 2. The summed E-state index contributed by atoms with van der Waals surface area (Å²) in [5, 5.41) is 8.38. The molecular formula is HAgINO2-. The van der Waals surface area contributed by atoms with E-state index in [1.165, 1.54) is 0 Å². The van der Waals surface area contributed by atoms with Gasteiger partial charge in [-0.05, 0) is 0 Å². The molecule has 0 unspecified atom stereocenters. The summed E-state index contributed by atoms with van der Waals surface area (Å²) < 4.78 is 0. The van der Waals surface area contributed by atoms with Crippen LogP contribution >= 0.6 is 0 Å². The standard InChI is InChI=1S/Ag.HI.HNO2/c;;2-1-3/h;1H;1H/p-1. The van der Waals surface area contributed by atoms with Crippen LogP contribution in [-0.2, 0) is 22.4 Å². The SMILES string of the molecule is O=[NH+][O-].[Ag].[I-]. The van der Waals surface area contributed by atoms with E-state index in [1.807, 2.05) is 0 Å². The molecule has 0 atom stereocenters. The van der Waals surface area contributed by atoms with Gasteiger partial charge < -0.3 is 24.0 Å². The molecule has 0 aliphatic carbocycles. The molecule has 0 aliphatic rings. The van der Waals surface area contributed by atoms with Crippen molar-refractivity contribution in [2.75, 3.05) is 0 Å². The fourth-order valence-corrected chi connectivity index (χ4v) is 0. The third-order valence-corrected chi connectivity index (χ3v) is 0. The zero-order valence-electron chi connectivity index (χ0n) is 2.00. The summed E-state index contributed by atoms with van der Waals surface area (Å²) in [6.45, 7) is 0. The van der Waals surface area contributed by atoms with Crippen LogP contribution in [0.2, 0.25) is 0 Å². The molecule has 0 saturated carbocycles. The van der Waals surface area contributed by atoms with Crippen molar-refractivity contribution in [3.8, 4) is 0 Å². The second kappa shape index (κ2) is 20.9. The van der Waals surface area contributed by atoms with Crippen molar-refractivity contribution in [2.24, 2.45) is 0 Å². The van der Waals surface area contributed by atoms with Gasteiger partial charge in [-0.2, -0.15) is 0 Å². The summed E-state index contributed by atoms with van der Waals surface area (Å²) >= 11 is 0. The van der Waals surface area contributed by atoms with E-state index in [2.05, 4.69) is 0 Å². The normalized spacial score (nSPS) is 2.40. The third-order valence-electron chi connectivity index (χ3n) is 0. The Morgan fingerprint density at radius 1 is 1.60 bits per heavy atom. The molecule has 0 amide bonds. The fraction of sp³-hybridized carbons (Fsp3) is 0. The van der Waals surface area contributed by atoms with Crippen LogP contribution in [0.3, 0.4) is 0 Å². The first kappa shape index (κ1) is 16.9. The summed E-state index contributed by atoms with van der Waals surface area (Å²) in [6.07, 6.45) is 0. The van der Waals surface area contributed by atoms with Crippen molar-refractivity contribution in [3.63, 3.8) is 0 Å². The van der Waals surface area contributed by atoms with Gasteiger partial charge in [0.2, 0.25) is 0 Å². The molecule has 0 aliphatic heterocycles. The van der Waals surface area contributed by atoms with E-state index >= 15 is 0 Å². The maximum atomic E-state index is 8.12. The van der Waals surface area contributed by atoms with Gasteiger partial charge in [-0.3, -0.25) is 10.1 Å². The Balaban J connectivity index is -0.0000000200. The predicted octanol–water partition coefficient (Wildman–Crippen LogP) is -4.67. The monoisotopic (exact) mass is 281 g/mol. The van der Waals surface area contributed by atoms with Gasteiger partial charge in [0, 0.05) is 27.7 Å². The Labute approximate surface area is 61.6 Å². The maximum absolute atomic E-state index is 8.12. The second-order valence-corrected chi connectivity index (χ2v) is 0.0833. The van der Waals surface area contributed by atoms with Crippen LogP contribution in [0, 0.1) is 10.1 Å². The molecular weight excluding hydrogens is 281 g/mol. The van der Waals surface area contributed by atoms with E-state index < -0.39 is 0 Å². The molecule has 0 spiro atoms. The van der Waals surface area contributed by atoms with Crippen LogP contribution in [0.25, 0.3) is 0 Å². The molecule has 37 valence electrons.